The average Bonchev–Trinajstić information content (AvgIpc) is 1.58. The summed E-state index contributed by atoms with van der Waals surface area (Å²) in [5.74, 6) is -5.77. The zero-order valence-electron chi connectivity index (χ0n) is 4.79. The highest BCUT2D eigenvalue weighted by Crippen LogP contribution is 2.47. The molecule has 0 fully saturated rings. The standard InChI is InChI=1S/C3H3F6OP/c4-1(5,2(6,7)8)3(9,10)11/h10H,11H2. The Morgan fingerprint density at radius 2 is 1.18 bits per heavy atom. The van der Waals surface area contributed by atoms with Gasteiger partial charge in [-0.2, -0.15) is 22.0 Å². The molecule has 0 aromatic carbocycles. The highest BCUT2D eigenvalue weighted by Gasteiger charge is 2.69. The second kappa shape index (κ2) is 2.48. The van der Waals surface area contributed by atoms with Crippen LogP contribution in [0.3, 0.4) is 0 Å². The van der Waals surface area contributed by atoms with E-state index in [-0.39, 0.29) is 0 Å². The van der Waals surface area contributed by atoms with Gasteiger partial charge in [-0.25, -0.2) is 4.39 Å². The summed E-state index contributed by atoms with van der Waals surface area (Å²) in [7, 11) is 0.367. The zero-order chi connectivity index (χ0) is 9.50. The minimum absolute atomic E-state index is 0.367. The van der Waals surface area contributed by atoms with Crippen molar-refractivity contribution in [3.8, 4) is 0 Å². The van der Waals surface area contributed by atoms with E-state index in [2.05, 4.69) is 0 Å². The van der Waals surface area contributed by atoms with Gasteiger partial charge in [0.2, 0.25) is 0 Å². The summed E-state index contributed by atoms with van der Waals surface area (Å²) < 4.78 is 68.5. The molecule has 0 aliphatic rings. The summed E-state index contributed by atoms with van der Waals surface area (Å²) >= 11 is 0. The van der Waals surface area contributed by atoms with Gasteiger partial charge in [0.15, 0.2) is 0 Å². The van der Waals surface area contributed by atoms with Gasteiger partial charge in [0.25, 0.3) is 5.60 Å². The topological polar surface area (TPSA) is 20.2 Å². The molecule has 0 aromatic heterocycles. The molecule has 1 N–H and O–H groups in total. The highest BCUT2D eigenvalue weighted by atomic mass is 31.0. The van der Waals surface area contributed by atoms with Crippen LogP contribution in [-0.4, -0.2) is 22.8 Å². The maximum absolute atomic E-state index is 11.7. The molecular weight excluding hydrogens is 197 g/mol. The van der Waals surface area contributed by atoms with Crippen LogP contribution in [0.2, 0.25) is 0 Å². The van der Waals surface area contributed by atoms with Crippen LogP contribution >= 0.6 is 9.24 Å². The summed E-state index contributed by atoms with van der Waals surface area (Å²) in [6.07, 6.45) is -6.10. The minimum atomic E-state index is -6.10. The predicted molar refractivity (Wildman–Crippen MR) is 26.8 cm³/mol. The Kier molecular flexibility index (Phi) is 2.48. The van der Waals surface area contributed by atoms with E-state index in [0.717, 1.165) is 0 Å². The number of hydrogen-bond acceptors (Lipinski definition) is 1. The lowest BCUT2D eigenvalue weighted by Crippen LogP contribution is -2.50. The third-order valence-electron chi connectivity index (χ3n) is 0.796. The number of halogens is 6. The fourth-order valence-electron chi connectivity index (χ4n) is 0.199. The van der Waals surface area contributed by atoms with Crippen molar-refractivity contribution >= 4 is 9.24 Å². The molecule has 8 heteroatoms. The van der Waals surface area contributed by atoms with Crippen molar-refractivity contribution in [3.05, 3.63) is 0 Å². The first-order valence-corrected chi connectivity index (χ1v) is 2.72. The molecule has 0 aliphatic carbocycles. The second-order valence-corrected chi connectivity index (χ2v) is 2.51. The van der Waals surface area contributed by atoms with E-state index in [1.165, 1.54) is 0 Å². The maximum atomic E-state index is 11.7. The lowest BCUT2D eigenvalue weighted by atomic mass is 10.3. The van der Waals surface area contributed by atoms with Crippen molar-refractivity contribution in [1.82, 2.24) is 0 Å². The van der Waals surface area contributed by atoms with Crippen LogP contribution in [-0.2, 0) is 0 Å². The largest absolute Gasteiger partial charge is 0.459 e. The maximum Gasteiger partial charge on any atom is 0.459 e. The van der Waals surface area contributed by atoms with Crippen LogP contribution in [0.15, 0.2) is 0 Å². The third kappa shape index (κ3) is 1.96. The Balaban J connectivity index is 4.75. The van der Waals surface area contributed by atoms with Gasteiger partial charge < -0.3 is 5.11 Å². The molecule has 0 heterocycles. The van der Waals surface area contributed by atoms with Gasteiger partial charge in [0, 0.05) is 0 Å². The summed E-state index contributed by atoms with van der Waals surface area (Å²) in [5, 5.41) is 7.71. The molecule has 2 atom stereocenters. The molecule has 0 saturated heterocycles. The van der Waals surface area contributed by atoms with E-state index < -0.39 is 17.7 Å². The molecule has 11 heavy (non-hydrogen) atoms. The van der Waals surface area contributed by atoms with Crippen molar-refractivity contribution in [1.29, 1.82) is 0 Å². The summed E-state index contributed by atoms with van der Waals surface area (Å²) in [6.45, 7) is 0. The Hall–Kier alpha value is -0.0300. The molecule has 0 aliphatic heterocycles. The zero-order valence-corrected chi connectivity index (χ0v) is 5.95. The third-order valence-corrected chi connectivity index (χ3v) is 1.16. The monoisotopic (exact) mass is 200 g/mol. The Morgan fingerprint density at radius 1 is 0.909 bits per heavy atom. The van der Waals surface area contributed by atoms with Crippen LogP contribution in [0, 0.1) is 0 Å². The molecule has 1 nitrogen and oxygen atoms in total. The molecule has 2 unspecified atom stereocenters. The first-order chi connectivity index (χ1) is 4.50. The molecule has 0 spiro atoms. The number of alkyl halides is 6. The van der Waals surface area contributed by atoms with Gasteiger partial charge in [-0.3, -0.25) is 0 Å². The lowest BCUT2D eigenvalue weighted by molar-refractivity contribution is -0.345. The van der Waals surface area contributed by atoms with E-state index in [0.29, 0.717) is 9.24 Å². The Bertz CT molecular complexity index is 129. The SMILES string of the molecule is OC(F)(P)C(F)(F)C(F)(F)F. The van der Waals surface area contributed by atoms with Gasteiger partial charge in [0.05, 0.1) is 0 Å². The lowest BCUT2D eigenvalue weighted by Gasteiger charge is -2.26. The van der Waals surface area contributed by atoms with Crippen LogP contribution in [0.4, 0.5) is 26.3 Å². The molecule has 0 bridgehead atoms. The molecule has 0 aromatic rings. The highest BCUT2D eigenvalue weighted by molar-refractivity contribution is 7.18. The molecule has 68 valence electrons. The van der Waals surface area contributed by atoms with Gasteiger partial charge in [-0.1, -0.05) is 9.24 Å². The molecule has 0 amide bonds. The van der Waals surface area contributed by atoms with E-state index in [4.69, 9.17) is 5.11 Å². The summed E-state index contributed by atoms with van der Waals surface area (Å²) in [4.78, 5) is 0. The Labute approximate surface area is 59.6 Å². The van der Waals surface area contributed by atoms with Crippen molar-refractivity contribution in [2.24, 2.45) is 0 Å². The number of hydrogen-bond donors (Lipinski definition) is 1. The van der Waals surface area contributed by atoms with Crippen LogP contribution in [0.1, 0.15) is 0 Å². The van der Waals surface area contributed by atoms with Gasteiger partial charge in [0.1, 0.15) is 0 Å². The normalized spacial score (nSPS) is 19.6. The summed E-state index contributed by atoms with van der Waals surface area (Å²) in [6, 6.07) is 0. The van der Waals surface area contributed by atoms with Gasteiger partial charge in [-0.05, 0) is 0 Å². The van der Waals surface area contributed by atoms with Gasteiger partial charge in [-0.15, -0.1) is 0 Å². The van der Waals surface area contributed by atoms with Crippen molar-refractivity contribution in [3.63, 3.8) is 0 Å². The number of rotatable bonds is 1. The van der Waals surface area contributed by atoms with E-state index >= 15 is 0 Å². The van der Waals surface area contributed by atoms with Crippen molar-refractivity contribution in [2.75, 3.05) is 0 Å². The van der Waals surface area contributed by atoms with E-state index in [9.17, 15) is 26.3 Å². The van der Waals surface area contributed by atoms with Crippen LogP contribution < -0.4 is 0 Å². The first-order valence-electron chi connectivity index (χ1n) is 2.15. The van der Waals surface area contributed by atoms with Crippen LogP contribution in [0.25, 0.3) is 0 Å². The average molecular weight is 200 g/mol. The van der Waals surface area contributed by atoms with Crippen LogP contribution in [0.5, 0.6) is 0 Å². The van der Waals surface area contributed by atoms with E-state index in [1.807, 2.05) is 0 Å². The quantitative estimate of drug-likeness (QED) is 0.504. The predicted octanol–water partition coefficient (Wildman–Crippen LogP) is 1.67. The first kappa shape index (κ1) is 11.0. The molecule has 0 rings (SSSR count). The Morgan fingerprint density at radius 3 is 1.18 bits per heavy atom. The minimum Gasteiger partial charge on any atom is -0.354 e. The smallest absolute Gasteiger partial charge is 0.354 e. The molecule has 0 radical (unpaired) electrons. The molecule has 0 saturated carbocycles. The fourth-order valence-corrected chi connectivity index (χ4v) is 0.362. The molecular formula is C3H3F6OP. The van der Waals surface area contributed by atoms with Gasteiger partial charge >= 0.3 is 12.1 Å². The number of aliphatic hydroxyl groups is 1. The van der Waals surface area contributed by atoms with E-state index in [1.54, 1.807) is 0 Å². The van der Waals surface area contributed by atoms with Crippen molar-refractivity contribution < 1.29 is 31.4 Å². The fraction of sp³-hybridized carbons (Fsp3) is 1.00. The second-order valence-electron chi connectivity index (χ2n) is 1.75. The summed E-state index contributed by atoms with van der Waals surface area (Å²) in [5.41, 5.74) is -4.66. The van der Waals surface area contributed by atoms with Crippen molar-refractivity contribution in [2.45, 2.75) is 17.7 Å².